The first-order chi connectivity index (χ1) is 9.30. The van der Waals surface area contributed by atoms with Gasteiger partial charge in [0.05, 0.1) is 13.1 Å². The van der Waals surface area contributed by atoms with Gasteiger partial charge in [-0.1, -0.05) is 20.8 Å². The van der Waals surface area contributed by atoms with Crippen LogP contribution in [-0.4, -0.2) is 29.7 Å². The third kappa shape index (κ3) is 8.60. The van der Waals surface area contributed by atoms with Crippen LogP contribution in [-0.2, 0) is 9.59 Å². The fourth-order valence-electron chi connectivity index (χ4n) is 1.42. The van der Waals surface area contributed by atoms with Crippen LogP contribution in [0.1, 0.15) is 20.8 Å². The first kappa shape index (κ1) is 19.8. The van der Waals surface area contributed by atoms with E-state index in [0.29, 0.717) is 5.69 Å². The Balaban J connectivity index is 0.00000400. The summed E-state index contributed by atoms with van der Waals surface area (Å²) >= 11 is 1.76. The molecule has 118 valence electrons. The number of anilines is 1. The van der Waals surface area contributed by atoms with Crippen LogP contribution in [0.5, 0.6) is 0 Å². The molecule has 1 aromatic rings. The van der Waals surface area contributed by atoms with Crippen LogP contribution in [0.3, 0.4) is 0 Å². The molecule has 0 fully saturated rings. The van der Waals surface area contributed by atoms with E-state index in [1.54, 1.807) is 11.8 Å². The monoisotopic (exact) mass is 331 g/mol. The highest BCUT2D eigenvalue weighted by Crippen LogP contribution is 2.32. The number of carbonyl (C=O) groups excluding carboxylic acids is 2. The van der Waals surface area contributed by atoms with E-state index in [9.17, 15) is 9.59 Å². The average Bonchev–Trinajstić information content (AvgIpc) is 2.36. The van der Waals surface area contributed by atoms with E-state index in [4.69, 9.17) is 5.73 Å². The molecule has 21 heavy (non-hydrogen) atoms. The Kier molecular flexibility index (Phi) is 8.39. The summed E-state index contributed by atoms with van der Waals surface area (Å²) in [4.78, 5) is 23.6. The molecule has 0 spiro atoms. The molecule has 1 rings (SSSR count). The lowest BCUT2D eigenvalue weighted by atomic mass is 10.3. The molecule has 0 unspecified atom stereocenters. The molecule has 4 N–H and O–H groups in total. The predicted octanol–water partition coefficient (Wildman–Crippen LogP) is 2.01. The van der Waals surface area contributed by atoms with Crippen molar-refractivity contribution in [2.45, 2.75) is 30.4 Å². The van der Waals surface area contributed by atoms with Crippen molar-refractivity contribution in [2.24, 2.45) is 5.73 Å². The summed E-state index contributed by atoms with van der Waals surface area (Å²) in [6, 6.07) is 7.61. The molecule has 0 saturated carbocycles. The largest absolute Gasteiger partial charge is 0.346 e. The number of thioether (sulfide) groups is 1. The van der Waals surface area contributed by atoms with Crippen LogP contribution in [0.15, 0.2) is 29.2 Å². The van der Waals surface area contributed by atoms with Crippen LogP contribution in [0.25, 0.3) is 0 Å². The third-order valence-corrected chi connectivity index (χ3v) is 3.31. The summed E-state index contributed by atoms with van der Waals surface area (Å²) in [5.41, 5.74) is 5.84. The van der Waals surface area contributed by atoms with Crippen LogP contribution >= 0.6 is 24.2 Å². The van der Waals surface area contributed by atoms with Crippen LogP contribution < -0.4 is 16.4 Å². The van der Waals surface area contributed by atoms with Crippen molar-refractivity contribution >= 4 is 41.7 Å². The minimum absolute atomic E-state index is 0. The fourth-order valence-corrected chi connectivity index (χ4v) is 2.40. The first-order valence-corrected chi connectivity index (χ1v) is 7.17. The summed E-state index contributed by atoms with van der Waals surface area (Å²) in [5.74, 6) is -0.625. The lowest BCUT2D eigenvalue weighted by Crippen LogP contribution is -2.36. The summed E-state index contributed by atoms with van der Waals surface area (Å²) in [6.07, 6.45) is 0. The van der Waals surface area contributed by atoms with E-state index in [2.05, 4.69) is 31.4 Å². The second-order valence-electron chi connectivity index (χ2n) is 5.27. The average molecular weight is 332 g/mol. The Morgan fingerprint density at radius 1 is 1.14 bits per heavy atom. The summed E-state index contributed by atoms with van der Waals surface area (Å²) < 4.78 is 0.150. The van der Waals surface area contributed by atoms with Crippen molar-refractivity contribution in [2.75, 3.05) is 18.4 Å². The molecule has 0 atom stereocenters. The van der Waals surface area contributed by atoms with Gasteiger partial charge >= 0.3 is 0 Å². The van der Waals surface area contributed by atoms with Gasteiger partial charge in [-0.15, -0.1) is 24.2 Å². The van der Waals surface area contributed by atoms with Crippen LogP contribution in [0, 0.1) is 0 Å². The lowest BCUT2D eigenvalue weighted by Gasteiger charge is -2.17. The Morgan fingerprint density at radius 2 is 1.71 bits per heavy atom. The Bertz CT molecular complexity index is 472. The molecular weight excluding hydrogens is 310 g/mol. The fraction of sp³-hybridized carbons (Fsp3) is 0.429. The van der Waals surface area contributed by atoms with Gasteiger partial charge in [-0.25, -0.2) is 0 Å². The predicted molar refractivity (Wildman–Crippen MR) is 90.0 cm³/mol. The van der Waals surface area contributed by atoms with Gasteiger partial charge in [0.25, 0.3) is 0 Å². The molecule has 0 aliphatic heterocycles. The molecular formula is C14H22ClN3O2S. The number of hydrogen-bond donors (Lipinski definition) is 3. The maximum atomic E-state index is 11.6. The zero-order valence-electron chi connectivity index (χ0n) is 12.4. The van der Waals surface area contributed by atoms with Crippen molar-refractivity contribution < 1.29 is 9.59 Å². The summed E-state index contributed by atoms with van der Waals surface area (Å²) in [7, 11) is 0. The highest BCUT2D eigenvalue weighted by molar-refractivity contribution is 8.00. The summed E-state index contributed by atoms with van der Waals surface area (Å²) in [5, 5.41) is 5.12. The van der Waals surface area contributed by atoms with Crippen molar-refractivity contribution in [1.82, 2.24) is 5.32 Å². The number of hydrogen-bond acceptors (Lipinski definition) is 4. The number of amides is 2. The van der Waals surface area contributed by atoms with Crippen molar-refractivity contribution in [3.63, 3.8) is 0 Å². The van der Waals surface area contributed by atoms with Crippen molar-refractivity contribution in [3.05, 3.63) is 24.3 Å². The van der Waals surface area contributed by atoms with E-state index in [1.165, 1.54) is 0 Å². The van der Waals surface area contributed by atoms with E-state index in [-0.39, 0.29) is 42.1 Å². The molecule has 0 aliphatic carbocycles. The molecule has 0 aliphatic rings. The van der Waals surface area contributed by atoms with Crippen molar-refractivity contribution in [3.8, 4) is 0 Å². The third-order valence-electron chi connectivity index (χ3n) is 2.19. The number of halogens is 1. The summed E-state index contributed by atoms with van der Waals surface area (Å²) in [6.45, 7) is 6.25. The lowest BCUT2D eigenvalue weighted by molar-refractivity contribution is -0.123. The van der Waals surface area contributed by atoms with E-state index in [1.807, 2.05) is 24.3 Å². The Hall–Kier alpha value is -1.24. The van der Waals surface area contributed by atoms with Gasteiger partial charge in [0, 0.05) is 15.3 Å². The molecule has 0 bridgehead atoms. The number of nitrogens with two attached hydrogens (primary N) is 1. The Morgan fingerprint density at radius 3 is 2.19 bits per heavy atom. The van der Waals surface area contributed by atoms with E-state index < -0.39 is 0 Å². The molecule has 7 heteroatoms. The molecule has 1 aromatic carbocycles. The van der Waals surface area contributed by atoms with Gasteiger partial charge in [-0.2, -0.15) is 0 Å². The maximum absolute atomic E-state index is 11.6. The quantitative estimate of drug-likeness (QED) is 0.721. The van der Waals surface area contributed by atoms with Gasteiger partial charge in [-0.05, 0) is 24.3 Å². The second kappa shape index (κ2) is 8.92. The highest BCUT2D eigenvalue weighted by Gasteiger charge is 2.12. The topological polar surface area (TPSA) is 84.2 Å². The maximum Gasteiger partial charge on any atom is 0.243 e. The zero-order chi connectivity index (χ0) is 15.2. The Labute approximate surface area is 135 Å². The SMILES string of the molecule is CC(C)(C)Sc1ccc(NC(=O)CNC(=O)CN)cc1.Cl. The molecule has 0 heterocycles. The highest BCUT2D eigenvalue weighted by atomic mass is 35.5. The number of carbonyl (C=O) groups is 2. The standard InChI is InChI=1S/C14H21N3O2S.ClH/c1-14(2,3)20-11-6-4-10(5-7-11)17-13(19)9-16-12(18)8-15;/h4-7H,8-9,15H2,1-3H3,(H,16,18)(H,17,19);1H. The van der Waals surface area contributed by atoms with Gasteiger partial charge in [0.15, 0.2) is 0 Å². The zero-order valence-corrected chi connectivity index (χ0v) is 14.1. The normalized spacial score (nSPS) is 10.5. The number of rotatable bonds is 5. The molecule has 0 saturated heterocycles. The number of benzene rings is 1. The smallest absolute Gasteiger partial charge is 0.243 e. The minimum Gasteiger partial charge on any atom is -0.346 e. The van der Waals surface area contributed by atoms with Gasteiger partial charge < -0.3 is 16.4 Å². The minimum atomic E-state index is -0.350. The molecule has 0 aromatic heterocycles. The van der Waals surface area contributed by atoms with Crippen molar-refractivity contribution in [1.29, 1.82) is 0 Å². The number of nitrogens with one attached hydrogen (secondary N) is 2. The van der Waals surface area contributed by atoms with E-state index in [0.717, 1.165) is 4.90 Å². The van der Waals surface area contributed by atoms with Crippen LogP contribution in [0.2, 0.25) is 0 Å². The second-order valence-corrected chi connectivity index (χ2v) is 7.17. The first-order valence-electron chi connectivity index (χ1n) is 6.36. The molecule has 2 amide bonds. The van der Waals surface area contributed by atoms with Crippen LogP contribution in [0.4, 0.5) is 5.69 Å². The van der Waals surface area contributed by atoms with Gasteiger partial charge in [0.1, 0.15) is 0 Å². The molecule has 5 nitrogen and oxygen atoms in total. The van der Waals surface area contributed by atoms with Gasteiger partial charge in [-0.3, -0.25) is 9.59 Å². The van der Waals surface area contributed by atoms with Gasteiger partial charge in [0.2, 0.25) is 11.8 Å². The molecule has 0 radical (unpaired) electrons. The van der Waals surface area contributed by atoms with E-state index >= 15 is 0 Å².